The average molecular weight is 238 g/mol. The summed E-state index contributed by atoms with van der Waals surface area (Å²) in [6, 6.07) is 0.540. The van der Waals surface area contributed by atoms with Crippen molar-refractivity contribution in [1.82, 2.24) is 5.43 Å². The van der Waals surface area contributed by atoms with Crippen molar-refractivity contribution < 1.29 is 0 Å². The van der Waals surface area contributed by atoms with Crippen molar-refractivity contribution >= 4 is 0 Å². The summed E-state index contributed by atoms with van der Waals surface area (Å²) in [4.78, 5) is 0. The van der Waals surface area contributed by atoms with E-state index < -0.39 is 0 Å². The lowest BCUT2D eigenvalue weighted by Gasteiger charge is -2.28. The lowest BCUT2D eigenvalue weighted by Crippen LogP contribution is -2.38. The first kappa shape index (κ1) is 13.4. The molecule has 2 saturated carbocycles. The molecule has 0 amide bonds. The molecular formula is C15H30N2. The molecule has 4 atom stereocenters. The van der Waals surface area contributed by atoms with Crippen LogP contribution in [0.1, 0.15) is 65.7 Å². The zero-order valence-corrected chi connectivity index (χ0v) is 11.8. The fourth-order valence-electron chi connectivity index (χ4n) is 3.91. The van der Waals surface area contributed by atoms with Gasteiger partial charge in [0, 0.05) is 6.04 Å². The van der Waals surface area contributed by atoms with Gasteiger partial charge in [0.25, 0.3) is 0 Å². The summed E-state index contributed by atoms with van der Waals surface area (Å²) in [6.07, 6.45) is 9.81. The summed E-state index contributed by atoms with van der Waals surface area (Å²) in [5.74, 6) is 8.79. The molecule has 2 heteroatoms. The van der Waals surface area contributed by atoms with E-state index >= 15 is 0 Å². The third kappa shape index (κ3) is 3.69. The number of nitrogens with two attached hydrogens (primary N) is 1. The van der Waals surface area contributed by atoms with E-state index in [0.29, 0.717) is 11.5 Å². The summed E-state index contributed by atoms with van der Waals surface area (Å²) in [6.45, 7) is 6.95. The van der Waals surface area contributed by atoms with Crippen LogP contribution in [0.4, 0.5) is 0 Å². The van der Waals surface area contributed by atoms with Crippen LogP contribution in [0.25, 0.3) is 0 Å². The van der Waals surface area contributed by atoms with Gasteiger partial charge in [0.15, 0.2) is 0 Å². The normalized spacial score (nSPS) is 34.2. The Bertz CT molecular complexity index is 244. The number of hydrogen-bond donors (Lipinski definition) is 2. The van der Waals surface area contributed by atoms with Gasteiger partial charge in [-0.05, 0) is 61.7 Å². The second-order valence-corrected chi connectivity index (χ2v) is 7.63. The Balaban J connectivity index is 1.76. The Morgan fingerprint density at radius 1 is 1.24 bits per heavy atom. The van der Waals surface area contributed by atoms with Crippen LogP contribution in [0, 0.1) is 23.2 Å². The van der Waals surface area contributed by atoms with Crippen molar-refractivity contribution in [2.45, 2.75) is 71.8 Å². The van der Waals surface area contributed by atoms with E-state index in [2.05, 4.69) is 26.2 Å². The maximum atomic E-state index is 5.73. The predicted molar refractivity (Wildman–Crippen MR) is 73.4 cm³/mol. The highest BCUT2D eigenvalue weighted by atomic mass is 15.2. The average Bonchev–Trinajstić information content (AvgIpc) is 2.84. The summed E-state index contributed by atoms with van der Waals surface area (Å²) in [7, 11) is 0. The molecule has 3 N–H and O–H groups in total. The second kappa shape index (κ2) is 5.27. The molecule has 2 nitrogen and oxygen atoms in total. The molecule has 0 heterocycles. The van der Waals surface area contributed by atoms with Gasteiger partial charge in [-0.15, -0.1) is 0 Å². The zero-order valence-electron chi connectivity index (χ0n) is 11.8. The Morgan fingerprint density at radius 2 is 2.00 bits per heavy atom. The molecule has 0 aliphatic heterocycles. The molecule has 2 aliphatic carbocycles. The Kier molecular flexibility index (Phi) is 4.14. The SMILES string of the molecule is CC(C)(C)CCC(CC1CC2CCC1C2)NN. The number of hydrazine groups is 1. The fourth-order valence-corrected chi connectivity index (χ4v) is 3.91. The highest BCUT2D eigenvalue weighted by Gasteiger charge is 2.39. The third-order valence-corrected chi connectivity index (χ3v) is 4.95. The summed E-state index contributed by atoms with van der Waals surface area (Å²) in [5, 5.41) is 0. The van der Waals surface area contributed by atoms with Crippen molar-refractivity contribution in [2.75, 3.05) is 0 Å². The zero-order chi connectivity index (χ0) is 12.5. The maximum absolute atomic E-state index is 5.73. The maximum Gasteiger partial charge on any atom is 0.0213 e. The molecule has 0 saturated heterocycles. The topological polar surface area (TPSA) is 38.0 Å². The van der Waals surface area contributed by atoms with Crippen LogP contribution >= 0.6 is 0 Å². The molecule has 2 fully saturated rings. The Labute approximate surface area is 107 Å². The van der Waals surface area contributed by atoms with Crippen molar-refractivity contribution in [2.24, 2.45) is 29.0 Å². The number of hydrogen-bond acceptors (Lipinski definition) is 2. The summed E-state index contributed by atoms with van der Waals surface area (Å²) >= 11 is 0. The third-order valence-electron chi connectivity index (χ3n) is 4.95. The standard InChI is InChI=1S/C15H30N2/c1-15(2,3)7-6-14(17-16)10-13-9-11-4-5-12(13)8-11/h11-14,17H,4-10,16H2,1-3H3. The quantitative estimate of drug-likeness (QED) is 0.568. The van der Waals surface area contributed by atoms with E-state index in [1.165, 1.54) is 44.9 Å². The first-order valence-electron chi connectivity index (χ1n) is 7.44. The molecule has 17 heavy (non-hydrogen) atoms. The van der Waals surface area contributed by atoms with Crippen molar-refractivity contribution in [3.63, 3.8) is 0 Å². The van der Waals surface area contributed by atoms with Crippen LogP contribution in [-0.4, -0.2) is 6.04 Å². The minimum atomic E-state index is 0.434. The van der Waals surface area contributed by atoms with Gasteiger partial charge >= 0.3 is 0 Å². The molecule has 4 unspecified atom stereocenters. The van der Waals surface area contributed by atoms with Crippen LogP contribution in [0.15, 0.2) is 0 Å². The lowest BCUT2D eigenvalue weighted by atomic mass is 9.81. The van der Waals surface area contributed by atoms with Gasteiger partial charge in [-0.2, -0.15) is 0 Å². The molecular weight excluding hydrogens is 208 g/mol. The minimum Gasteiger partial charge on any atom is -0.271 e. The smallest absolute Gasteiger partial charge is 0.0213 e. The van der Waals surface area contributed by atoms with E-state index in [0.717, 1.165) is 17.8 Å². The number of nitrogens with one attached hydrogen (secondary N) is 1. The molecule has 0 radical (unpaired) electrons. The van der Waals surface area contributed by atoms with E-state index in [9.17, 15) is 0 Å². The van der Waals surface area contributed by atoms with E-state index in [1.807, 2.05) is 0 Å². The lowest BCUT2D eigenvalue weighted by molar-refractivity contribution is 0.252. The largest absolute Gasteiger partial charge is 0.271 e. The first-order chi connectivity index (χ1) is 7.98. The molecule has 2 rings (SSSR count). The highest BCUT2D eigenvalue weighted by molar-refractivity contribution is 4.91. The van der Waals surface area contributed by atoms with Crippen molar-refractivity contribution in [3.05, 3.63) is 0 Å². The van der Waals surface area contributed by atoms with Crippen LogP contribution in [0.2, 0.25) is 0 Å². The van der Waals surface area contributed by atoms with Crippen molar-refractivity contribution in [1.29, 1.82) is 0 Å². The Morgan fingerprint density at radius 3 is 2.47 bits per heavy atom. The van der Waals surface area contributed by atoms with E-state index in [-0.39, 0.29) is 0 Å². The number of fused-ring (bicyclic) bond motifs is 2. The van der Waals surface area contributed by atoms with Gasteiger partial charge in [0.2, 0.25) is 0 Å². The predicted octanol–water partition coefficient (Wildman–Crippen LogP) is 3.47. The molecule has 0 aromatic carbocycles. The molecule has 100 valence electrons. The van der Waals surface area contributed by atoms with Gasteiger partial charge in [0.05, 0.1) is 0 Å². The van der Waals surface area contributed by atoms with Gasteiger partial charge in [-0.25, -0.2) is 0 Å². The monoisotopic (exact) mass is 238 g/mol. The van der Waals surface area contributed by atoms with Gasteiger partial charge < -0.3 is 0 Å². The summed E-state index contributed by atoms with van der Waals surface area (Å²) in [5.41, 5.74) is 3.50. The molecule has 0 aromatic heterocycles. The van der Waals surface area contributed by atoms with Gasteiger partial charge in [0.1, 0.15) is 0 Å². The Hall–Kier alpha value is -0.0800. The highest BCUT2D eigenvalue weighted by Crippen LogP contribution is 2.50. The molecule has 2 aliphatic rings. The second-order valence-electron chi connectivity index (χ2n) is 7.63. The van der Waals surface area contributed by atoms with Gasteiger partial charge in [-0.1, -0.05) is 27.2 Å². The van der Waals surface area contributed by atoms with Crippen LogP contribution in [-0.2, 0) is 0 Å². The summed E-state index contributed by atoms with van der Waals surface area (Å²) < 4.78 is 0. The minimum absolute atomic E-state index is 0.434. The number of rotatable bonds is 5. The first-order valence-corrected chi connectivity index (χ1v) is 7.44. The van der Waals surface area contributed by atoms with E-state index in [4.69, 9.17) is 5.84 Å². The van der Waals surface area contributed by atoms with Crippen LogP contribution in [0.5, 0.6) is 0 Å². The van der Waals surface area contributed by atoms with E-state index in [1.54, 1.807) is 0 Å². The molecule has 0 spiro atoms. The van der Waals surface area contributed by atoms with Gasteiger partial charge in [-0.3, -0.25) is 11.3 Å². The molecule has 2 bridgehead atoms. The van der Waals surface area contributed by atoms with Crippen molar-refractivity contribution in [3.8, 4) is 0 Å². The molecule has 0 aromatic rings. The fraction of sp³-hybridized carbons (Fsp3) is 1.00. The van der Waals surface area contributed by atoms with Crippen LogP contribution in [0.3, 0.4) is 0 Å². The van der Waals surface area contributed by atoms with Crippen LogP contribution < -0.4 is 11.3 Å².